The van der Waals surface area contributed by atoms with Crippen LogP contribution in [0.4, 0.5) is 0 Å². The molecule has 3 aliphatic rings. The van der Waals surface area contributed by atoms with Gasteiger partial charge in [-0.05, 0) is 31.7 Å². The third kappa shape index (κ3) is 2.14. The molecule has 3 rings (SSSR count). The number of nitrogens with zero attached hydrogens (tertiary/aromatic N) is 2. The first-order valence-electron chi connectivity index (χ1n) is 7.25. The number of likely N-dealkylation sites (tertiary alicyclic amines) is 2. The molecular weight excluding hydrogens is 196 g/mol. The van der Waals surface area contributed by atoms with E-state index in [9.17, 15) is 0 Å². The molecule has 0 spiro atoms. The van der Waals surface area contributed by atoms with Gasteiger partial charge >= 0.3 is 0 Å². The van der Waals surface area contributed by atoms with Gasteiger partial charge in [0, 0.05) is 32.2 Å². The lowest BCUT2D eigenvalue weighted by Crippen LogP contribution is -2.35. The molecule has 2 atom stereocenters. The Kier molecular flexibility index (Phi) is 3.21. The zero-order valence-electron chi connectivity index (χ0n) is 10.7. The van der Waals surface area contributed by atoms with E-state index in [1.165, 1.54) is 64.7 Å². The average molecular weight is 222 g/mol. The Morgan fingerprint density at radius 2 is 1.31 bits per heavy atom. The first-order valence-corrected chi connectivity index (χ1v) is 7.25. The van der Waals surface area contributed by atoms with Crippen molar-refractivity contribution < 1.29 is 0 Å². The topological polar surface area (TPSA) is 6.48 Å². The third-order valence-electron chi connectivity index (χ3n) is 5.04. The maximum absolute atomic E-state index is 2.84. The van der Waals surface area contributed by atoms with Gasteiger partial charge in [-0.1, -0.05) is 25.7 Å². The van der Waals surface area contributed by atoms with Gasteiger partial charge in [-0.15, -0.1) is 0 Å². The standard InChI is InChI=1S/C14H26N2/c1-15-8-12-10-16(11-13(12)9-15)14-6-4-2-3-5-7-14/h12-14H,2-11H2,1H3. The zero-order chi connectivity index (χ0) is 11.0. The summed E-state index contributed by atoms with van der Waals surface area (Å²) < 4.78 is 0. The van der Waals surface area contributed by atoms with Gasteiger partial charge in [0.25, 0.3) is 0 Å². The SMILES string of the molecule is CN1CC2CN(C3CCCCCC3)CC2C1. The van der Waals surface area contributed by atoms with E-state index >= 15 is 0 Å². The Labute approximate surface area is 100.0 Å². The van der Waals surface area contributed by atoms with E-state index in [0.29, 0.717) is 0 Å². The molecule has 1 aliphatic carbocycles. The van der Waals surface area contributed by atoms with Crippen molar-refractivity contribution >= 4 is 0 Å². The Bertz CT molecular complexity index is 219. The molecule has 2 nitrogen and oxygen atoms in total. The van der Waals surface area contributed by atoms with Crippen LogP contribution in [0, 0.1) is 11.8 Å². The molecule has 0 aromatic heterocycles. The summed E-state index contributed by atoms with van der Waals surface area (Å²) in [6.45, 7) is 5.52. The van der Waals surface area contributed by atoms with Gasteiger partial charge in [-0.2, -0.15) is 0 Å². The van der Waals surface area contributed by atoms with Crippen molar-refractivity contribution in [3.8, 4) is 0 Å². The second-order valence-electron chi connectivity index (χ2n) is 6.34. The van der Waals surface area contributed by atoms with Crippen LogP contribution in [0.2, 0.25) is 0 Å². The quantitative estimate of drug-likeness (QED) is 0.628. The predicted octanol–water partition coefficient (Wildman–Crippen LogP) is 2.20. The van der Waals surface area contributed by atoms with Crippen molar-refractivity contribution in [2.75, 3.05) is 33.2 Å². The van der Waals surface area contributed by atoms with Crippen LogP contribution in [0.5, 0.6) is 0 Å². The molecule has 16 heavy (non-hydrogen) atoms. The predicted molar refractivity (Wildman–Crippen MR) is 67.5 cm³/mol. The molecule has 1 saturated carbocycles. The van der Waals surface area contributed by atoms with Gasteiger partial charge in [0.15, 0.2) is 0 Å². The zero-order valence-corrected chi connectivity index (χ0v) is 10.7. The summed E-state index contributed by atoms with van der Waals surface area (Å²) in [5.41, 5.74) is 0. The summed E-state index contributed by atoms with van der Waals surface area (Å²) in [5.74, 6) is 1.99. The summed E-state index contributed by atoms with van der Waals surface area (Å²) >= 11 is 0. The smallest absolute Gasteiger partial charge is 0.00955 e. The average Bonchev–Trinajstić information content (AvgIpc) is 2.65. The van der Waals surface area contributed by atoms with E-state index in [1.807, 2.05) is 0 Å². The fourth-order valence-corrected chi connectivity index (χ4v) is 4.19. The Balaban J connectivity index is 1.57. The van der Waals surface area contributed by atoms with Crippen molar-refractivity contribution in [3.63, 3.8) is 0 Å². The van der Waals surface area contributed by atoms with Gasteiger partial charge in [0.2, 0.25) is 0 Å². The van der Waals surface area contributed by atoms with Crippen LogP contribution in [-0.4, -0.2) is 49.1 Å². The number of fused-ring (bicyclic) bond motifs is 1. The van der Waals surface area contributed by atoms with Crippen LogP contribution in [0.1, 0.15) is 38.5 Å². The molecule has 0 bridgehead atoms. The van der Waals surface area contributed by atoms with Crippen LogP contribution in [0.15, 0.2) is 0 Å². The lowest BCUT2D eigenvalue weighted by Gasteiger charge is -2.28. The van der Waals surface area contributed by atoms with E-state index in [4.69, 9.17) is 0 Å². The highest BCUT2D eigenvalue weighted by Crippen LogP contribution is 2.34. The van der Waals surface area contributed by atoms with Gasteiger partial charge < -0.3 is 4.90 Å². The maximum atomic E-state index is 2.84. The van der Waals surface area contributed by atoms with Crippen LogP contribution in [-0.2, 0) is 0 Å². The van der Waals surface area contributed by atoms with Gasteiger partial charge in [-0.25, -0.2) is 0 Å². The summed E-state index contributed by atoms with van der Waals surface area (Å²) in [7, 11) is 2.29. The van der Waals surface area contributed by atoms with Gasteiger partial charge in [0.05, 0.1) is 0 Å². The largest absolute Gasteiger partial charge is 0.306 e. The molecule has 0 N–H and O–H groups in total. The fourth-order valence-electron chi connectivity index (χ4n) is 4.19. The van der Waals surface area contributed by atoms with Crippen molar-refractivity contribution in [3.05, 3.63) is 0 Å². The molecule has 0 amide bonds. The van der Waals surface area contributed by atoms with Gasteiger partial charge in [0.1, 0.15) is 0 Å². The van der Waals surface area contributed by atoms with E-state index in [2.05, 4.69) is 16.8 Å². The minimum absolute atomic E-state index is 0.943. The molecule has 0 aromatic rings. The minimum atomic E-state index is 0.943. The molecule has 0 radical (unpaired) electrons. The van der Waals surface area contributed by atoms with Crippen molar-refractivity contribution in [2.24, 2.45) is 11.8 Å². The van der Waals surface area contributed by atoms with Crippen molar-refractivity contribution in [1.82, 2.24) is 9.80 Å². The van der Waals surface area contributed by atoms with E-state index in [0.717, 1.165) is 17.9 Å². The highest BCUT2D eigenvalue weighted by molar-refractivity contribution is 4.94. The van der Waals surface area contributed by atoms with Crippen LogP contribution in [0.3, 0.4) is 0 Å². The molecule has 92 valence electrons. The second kappa shape index (κ2) is 4.66. The molecule has 2 heteroatoms. The summed E-state index contributed by atoms with van der Waals surface area (Å²) in [6.07, 6.45) is 8.90. The summed E-state index contributed by atoms with van der Waals surface area (Å²) in [4.78, 5) is 5.37. The highest BCUT2D eigenvalue weighted by Gasteiger charge is 2.40. The lowest BCUT2D eigenvalue weighted by molar-refractivity contribution is 0.194. The Morgan fingerprint density at radius 3 is 1.88 bits per heavy atom. The highest BCUT2D eigenvalue weighted by atomic mass is 15.2. The monoisotopic (exact) mass is 222 g/mol. The minimum Gasteiger partial charge on any atom is -0.306 e. The number of rotatable bonds is 1. The van der Waals surface area contributed by atoms with Crippen LogP contribution < -0.4 is 0 Å². The van der Waals surface area contributed by atoms with E-state index < -0.39 is 0 Å². The summed E-state index contributed by atoms with van der Waals surface area (Å²) in [5, 5.41) is 0. The van der Waals surface area contributed by atoms with Crippen LogP contribution in [0.25, 0.3) is 0 Å². The normalized spacial score (nSPS) is 38.8. The molecular formula is C14H26N2. The van der Waals surface area contributed by atoms with Crippen molar-refractivity contribution in [1.29, 1.82) is 0 Å². The Morgan fingerprint density at radius 1 is 0.750 bits per heavy atom. The van der Waals surface area contributed by atoms with E-state index in [1.54, 1.807) is 0 Å². The van der Waals surface area contributed by atoms with Gasteiger partial charge in [-0.3, -0.25) is 4.90 Å². The maximum Gasteiger partial charge on any atom is 0.00955 e. The second-order valence-corrected chi connectivity index (χ2v) is 6.34. The molecule has 3 fully saturated rings. The number of hydrogen-bond donors (Lipinski definition) is 0. The third-order valence-corrected chi connectivity index (χ3v) is 5.04. The van der Waals surface area contributed by atoms with E-state index in [-0.39, 0.29) is 0 Å². The van der Waals surface area contributed by atoms with Crippen molar-refractivity contribution in [2.45, 2.75) is 44.6 Å². The molecule has 0 aromatic carbocycles. The number of hydrogen-bond acceptors (Lipinski definition) is 2. The first kappa shape index (κ1) is 11.0. The molecule has 2 heterocycles. The lowest BCUT2D eigenvalue weighted by atomic mass is 10.0. The molecule has 2 aliphatic heterocycles. The molecule has 2 unspecified atom stereocenters. The fraction of sp³-hybridized carbons (Fsp3) is 1.00. The van der Waals surface area contributed by atoms with Crippen LogP contribution >= 0.6 is 0 Å². The molecule has 2 saturated heterocycles. The Hall–Kier alpha value is -0.0800. The first-order chi connectivity index (χ1) is 7.83. The summed E-state index contributed by atoms with van der Waals surface area (Å²) in [6, 6.07) is 0.943.